The standard InChI is InChI=1S/C18H19N5O3S2/c1-3-19-17(25)21-16(24)15(12-7-5-4-6-8-12)28-18-23-22-14(26-18)9-13-10-27-11(2)20-13/h4-8,10,15H,3,9H2,1-2H3,(H2,19,21,24,25)/t15-/m0/s1. The van der Waals surface area contributed by atoms with Gasteiger partial charge in [0.15, 0.2) is 0 Å². The number of aryl methyl sites for hydroxylation is 1. The molecule has 0 fully saturated rings. The first kappa shape index (κ1) is 20.0. The van der Waals surface area contributed by atoms with Crippen molar-refractivity contribution < 1.29 is 14.0 Å². The minimum atomic E-state index is -0.710. The first-order chi connectivity index (χ1) is 13.5. The van der Waals surface area contributed by atoms with E-state index in [0.717, 1.165) is 28.0 Å². The summed E-state index contributed by atoms with van der Waals surface area (Å²) in [6, 6.07) is 8.58. The molecular weight excluding hydrogens is 398 g/mol. The molecule has 3 rings (SSSR count). The molecule has 1 aromatic carbocycles. The Morgan fingerprint density at radius 2 is 2.04 bits per heavy atom. The molecule has 0 bridgehead atoms. The van der Waals surface area contributed by atoms with Gasteiger partial charge >= 0.3 is 6.03 Å². The molecule has 2 N–H and O–H groups in total. The highest BCUT2D eigenvalue weighted by Gasteiger charge is 2.26. The van der Waals surface area contributed by atoms with Gasteiger partial charge in [-0.3, -0.25) is 10.1 Å². The van der Waals surface area contributed by atoms with Gasteiger partial charge in [0.2, 0.25) is 11.8 Å². The zero-order chi connectivity index (χ0) is 19.9. The van der Waals surface area contributed by atoms with Crippen LogP contribution in [-0.4, -0.2) is 33.7 Å². The average Bonchev–Trinajstić information content (AvgIpc) is 3.29. The predicted octanol–water partition coefficient (Wildman–Crippen LogP) is 3.10. The fraction of sp³-hybridized carbons (Fsp3) is 0.278. The number of rotatable bonds is 7. The summed E-state index contributed by atoms with van der Waals surface area (Å²) in [7, 11) is 0. The van der Waals surface area contributed by atoms with Crippen LogP contribution in [-0.2, 0) is 11.2 Å². The van der Waals surface area contributed by atoms with Gasteiger partial charge < -0.3 is 9.73 Å². The zero-order valence-corrected chi connectivity index (χ0v) is 17.0. The molecule has 146 valence electrons. The van der Waals surface area contributed by atoms with Gasteiger partial charge in [-0.2, -0.15) is 0 Å². The number of carbonyl (C=O) groups excluding carboxylic acids is 2. The number of hydrogen-bond acceptors (Lipinski definition) is 8. The number of carbonyl (C=O) groups is 2. The highest BCUT2D eigenvalue weighted by Crippen LogP contribution is 2.34. The van der Waals surface area contributed by atoms with E-state index < -0.39 is 17.2 Å². The van der Waals surface area contributed by atoms with Gasteiger partial charge in [0.25, 0.3) is 5.22 Å². The monoisotopic (exact) mass is 417 g/mol. The molecule has 1 atom stereocenters. The average molecular weight is 418 g/mol. The number of imide groups is 1. The number of thiazole rings is 1. The van der Waals surface area contributed by atoms with E-state index in [1.807, 2.05) is 42.6 Å². The zero-order valence-electron chi connectivity index (χ0n) is 15.3. The predicted molar refractivity (Wildman–Crippen MR) is 106 cm³/mol. The number of hydrogen-bond donors (Lipinski definition) is 2. The number of benzene rings is 1. The summed E-state index contributed by atoms with van der Waals surface area (Å²) in [4.78, 5) is 28.8. The van der Waals surface area contributed by atoms with Crippen LogP contribution in [0, 0.1) is 6.92 Å². The molecule has 0 aliphatic rings. The lowest BCUT2D eigenvalue weighted by Crippen LogP contribution is -2.41. The van der Waals surface area contributed by atoms with Gasteiger partial charge in [0.05, 0.1) is 17.1 Å². The lowest BCUT2D eigenvalue weighted by atomic mass is 10.1. The first-order valence-electron chi connectivity index (χ1n) is 8.59. The van der Waals surface area contributed by atoms with Crippen LogP contribution in [0.1, 0.15) is 34.3 Å². The smallest absolute Gasteiger partial charge is 0.321 e. The number of aromatic nitrogens is 3. The van der Waals surface area contributed by atoms with Crippen LogP contribution in [0.25, 0.3) is 0 Å². The van der Waals surface area contributed by atoms with Crippen LogP contribution in [0.2, 0.25) is 0 Å². The van der Waals surface area contributed by atoms with E-state index in [4.69, 9.17) is 4.42 Å². The SMILES string of the molecule is CCNC(=O)NC(=O)[C@@H](Sc1nnc(Cc2csc(C)n2)o1)c1ccccc1. The van der Waals surface area contributed by atoms with Crippen LogP contribution in [0.3, 0.4) is 0 Å². The minimum Gasteiger partial charge on any atom is -0.416 e. The second-order valence-electron chi connectivity index (χ2n) is 5.75. The highest BCUT2D eigenvalue weighted by molar-refractivity contribution is 8.00. The summed E-state index contributed by atoms with van der Waals surface area (Å²) in [5.74, 6) is -0.0410. The summed E-state index contributed by atoms with van der Waals surface area (Å²) in [5, 5.41) is 15.4. The van der Waals surface area contributed by atoms with Crippen molar-refractivity contribution in [2.24, 2.45) is 0 Å². The number of thioether (sulfide) groups is 1. The maximum Gasteiger partial charge on any atom is 0.321 e. The molecule has 2 heterocycles. The molecule has 0 unspecified atom stereocenters. The van der Waals surface area contributed by atoms with Crippen LogP contribution in [0.15, 0.2) is 45.4 Å². The Morgan fingerprint density at radius 3 is 2.71 bits per heavy atom. The molecule has 10 heteroatoms. The summed E-state index contributed by atoms with van der Waals surface area (Å²) in [6.07, 6.45) is 0.430. The number of nitrogens with one attached hydrogen (secondary N) is 2. The van der Waals surface area contributed by atoms with Crippen molar-refractivity contribution in [3.05, 3.63) is 57.9 Å². The Labute approximate surface area is 170 Å². The molecule has 0 aliphatic carbocycles. The van der Waals surface area contributed by atoms with Crippen molar-refractivity contribution in [1.82, 2.24) is 25.8 Å². The Bertz CT molecular complexity index is 942. The van der Waals surface area contributed by atoms with Crippen LogP contribution < -0.4 is 10.6 Å². The molecule has 2 aromatic heterocycles. The molecule has 0 saturated carbocycles. The van der Waals surface area contributed by atoms with Gasteiger partial charge in [-0.25, -0.2) is 9.78 Å². The minimum absolute atomic E-state index is 0.252. The lowest BCUT2D eigenvalue weighted by Gasteiger charge is -2.14. The molecular formula is C18H19N5O3S2. The van der Waals surface area contributed by atoms with E-state index in [9.17, 15) is 9.59 Å². The summed E-state index contributed by atoms with van der Waals surface area (Å²) < 4.78 is 5.68. The molecule has 0 spiro atoms. The van der Waals surface area contributed by atoms with Crippen molar-refractivity contribution in [3.63, 3.8) is 0 Å². The third kappa shape index (κ3) is 5.40. The molecule has 0 aliphatic heterocycles. The van der Waals surface area contributed by atoms with Crippen molar-refractivity contribution in [2.45, 2.75) is 30.7 Å². The number of urea groups is 1. The Balaban J connectivity index is 1.74. The van der Waals surface area contributed by atoms with E-state index in [0.29, 0.717) is 18.9 Å². The van der Waals surface area contributed by atoms with E-state index in [2.05, 4.69) is 25.8 Å². The van der Waals surface area contributed by atoms with E-state index in [1.54, 1.807) is 18.3 Å². The van der Waals surface area contributed by atoms with E-state index >= 15 is 0 Å². The van der Waals surface area contributed by atoms with Crippen LogP contribution in [0.4, 0.5) is 4.79 Å². The Morgan fingerprint density at radius 1 is 1.25 bits per heavy atom. The highest BCUT2D eigenvalue weighted by atomic mass is 32.2. The first-order valence-corrected chi connectivity index (χ1v) is 10.3. The fourth-order valence-corrected chi connectivity index (χ4v) is 3.89. The molecule has 28 heavy (non-hydrogen) atoms. The lowest BCUT2D eigenvalue weighted by molar-refractivity contribution is -0.119. The van der Waals surface area contributed by atoms with Gasteiger partial charge in [-0.05, 0) is 31.2 Å². The van der Waals surface area contributed by atoms with E-state index in [1.165, 1.54) is 0 Å². The van der Waals surface area contributed by atoms with E-state index in [-0.39, 0.29) is 5.22 Å². The Hall–Kier alpha value is -2.72. The topological polar surface area (TPSA) is 110 Å². The molecule has 3 amide bonds. The summed E-state index contributed by atoms with van der Waals surface area (Å²) >= 11 is 2.65. The summed E-state index contributed by atoms with van der Waals surface area (Å²) in [6.45, 7) is 4.13. The maximum absolute atomic E-state index is 12.6. The van der Waals surface area contributed by atoms with Crippen molar-refractivity contribution in [3.8, 4) is 0 Å². The van der Waals surface area contributed by atoms with Crippen molar-refractivity contribution >= 4 is 35.0 Å². The normalized spacial score (nSPS) is 11.8. The van der Waals surface area contributed by atoms with Crippen molar-refractivity contribution in [1.29, 1.82) is 0 Å². The number of amides is 3. The second-order valence-corrected chi connectivity index (χ2v) is 7.87. The third-order valence-electron chi connectivity index (χ3n) is 3.58. The molecule has 8 nitrogen and oxygen atoms in total. The van der Waals surface area contributed by atoms with Gasteiger partial charge in [-0.15, -0.1) is 21.5 Å². The summed E-state index contributed by atoms with van der Waals surface area (Å²) in [5.41, 5.74) is 1.58. The Kier molecular flexibility index (Phi) is 6.77. The quantitative estimate of drug-likeness (QED) is 0.568. The fourth-order valence-electron chi connectivity index (χ4n) is 2.39. The molecule has 0 radical (unpaired) electrons. The molecule has 0 saturated heterocycles. The van der Waals surface area contributed by atoms with Crippen molar-refractivity contribution in [2.75, 3.05) is 6.54 Å². The number of nitrogens with zero attached hydrogens (tertiary/aromatic N) is 3. The maximum atomic E-state index is 12.6. The third-order valence-corrected chi connectivity index (χ3v) is 5.49. The van der Waals surface area contributed by atoms with Crippen LogP contribution in [0.5, 0.6) is 0 Å². The second kappa shape index (κ2) is 9.47. The van der Waals surface area contributed by atoms with Gasteiger partial charge in [0, 0.05) is 11.9 Å². The molecule has 3 aromatic rings. The van der Waals surface area contributed by atoms with Gasteiger partial charge in [-0.1, -0.05) is 30.3 Å². The largest absolute Gasteiger partial charge is 0.416 e. The van der Waals surface area contributed by atoms with Gasteiger partial charge in [0.1, 0.15) is 5.25 Å². The van der Waals surface area contributed by atoms with Crippen LogP contribution >= 0.6 is 23.1 Å².